The molecule has 1 rings (SSSR count). The number of nitrogens with two attached hydrogens (primary N) is 2. The first kappa shape index (κ1) is 13.7. The van der Waals surface area contributed by atoms with Crippen LogP contribution in [0.3, 0.4) is 0 Å². The molecule has 0 amide bonds. The molecule has 1 atom stereocenters. The highest BCUT2D eigenvalue weighted by molar-refractivity contribution is 7.12. The van der Waals surface area contributed by atoms with Crippen molar-refractivity contribution in [3.05, 3.63) is 21.9 Å². The van der Waals surface area contributed by atoms with Crippen molar-refractivity contribution in [1.29, 1.82) is 0 Å². The van der Waals surface area contributed by atoms with Crippen molar-refractivity contribution in [3.8, 4) is 0 Å². The maximum atomic E-state index is 5.73. The van der Waals surface area contributed by atoms with E-state index >= 15 is 0 Å². The van der Waals surface area contributed by atoms with Crippen molar-refractivity contribution in [1.82, 2.24) is 0 Å². The Morgan fingerprint density at radius 3 is 2.25 bits per heavy atom. The highest BCUT2D eigenvalue weighted by Crippen LogP contribution is 2.30. The molecular weight excluding hydrogens is 216 g/mol. The maximum Gasteiger partial charge on any atom is 0.00801 e. The fraction of sp³-hybridized carbons (Fsp3) is 0.692. The summed E-state index contributed by atoms with van der Waals surface area (Å²) in [6.07, 6.45) is 1.17. The Hall–Kier alpha value is -0.380. The standard InChI is InChI=1S/C13H24N2S/c1-9(2)6-12-4-5-13(16-12)10(3)11(7-14)8-15/h4-5,9-11H,6-8,14-15H2,1-3H3. The first-order valence-corrected chi connectivity index (χ1v) is 6.88. The smallest absolute Gasteiger partial charge is 0.00801 e. The lowest BCUT2D eigenvalue weighted by molar-refractivity contribution is 0.472. The van der Waals surface area contributed by atoms with Gasteiger partial charge in [-0.1, -0.05) is 20.8 Å². The van der Waals surface area contributed by atoms with E-state index in [0.29, 0.717) is 24.9 Å². The van der Waals surface area contributed by atoms with Gasteiger partial charge in [0.15, 0.2) is 0 Å². The minimum atomic E-state index is 0.408. The van der Waals surface area contributed by atoms with E-state index in [2.05, 4.69) is 32.9 Å². The highest BCUT2D eigenvalue weighted by atomic mass is 32.1. The second kappa shape index (κ2) is 6.38. The lowest BCUT2D eigenvalue weighted by Gasteiger charge is -2.19. The van der Waals surface area contributed by atoms with Gasteiger partial charge >= 0.3 is 0 Å². The fourth-order valence-electron chi connectivity index (χ4n) is 1.89. The van der Waals surface area contributed by atoms with E-state index in [4.69, 9.17) is 11.5 Å². The molecule has 0 bridgehead atoms. The summed E-state index contributed by atoms with van der Waals surface area (Å²) in [6, 6.07) is 4.49. The molecule has 0 aliphatic heterocycles. The van der Waals surface area contributed by atoms with Crippen molar-refractivity contribution >= 4 is 11.3 Å². The molecule has 1 aromatic heterocycles. The summed E-state index contributed by atoms with van der Waals surface area (Å²) in [5.74, 6) is 1.62. The van der Waals surface area contributed by atoms with Gasteiger partial charge in [-0.25, -0.2) is 0 Å². The third-order valence-electron chi connectivity index (χ3n) is 3.05. The van der Waals surface area contributed by atoms with Crippen LogP contribution >= 0.6 is 11.3 Å². The zero-order valence-corrected chi connectivity index (χ0v) is 11.4. The Balaban J connectivity index is 2.69. The molecular formula is C13H24N2S. The maximum absolute atomic E-state index is 5.73. The molecule has 2 nitrogen and oxygen atoms in total. The van der Waals surface area contributed by atoms with Crippen LogP contribution in [0.1, 0.15) is 36.4 Å². The van der Waals surface area contributed by atoms with Gasteiger partial charge < -0.3 is 11.5 Å². The lowest BCUT2D eigenvalue weighted by Crippen LogP contribution is -2.27. The molecule has 0 saturated carbocycles. The lowest BCUT2D eigenvalue weighted by atomic mass is 9.93. The van der Waals surface area contributed by atoms with Gasteiger partial charge in [0.2, 0.25) is 0 Å². The van der Waals surface area contributed by atoms with E-state index in [0.717, 1.165) is 5.92 Å². The van der Waals surface area contributed by atoms with E-state index in [1.807, 2.05) is 11.3 Å². The van der Waals surface area contributed by atoms with E-state index in [-0.39, 0.29) is 0 Å². The van der Waals surface area contributed by atoms with Crippen molar-refractivity contribution in [3.63, 3.8) is 0 Å². The summed E-state index contributed by atoms with van der Waals surface area (Å²) < 4.78 is 0. The Morgan fingerprint density at radius 2 is 1.75 bits per heavy atom. The molecule has 0 aromatic carbocycles. The Kier molecular flexibility index (Phi) is 5.46. The molecule has 1 heterocycles. The number of thiophene rings is 1. The zero-order valence-electron chi connectivity index (χ0n) is 10.6. The topological polar surface area (TPSA) is 52.0 Å². The molecule has 4 N–H and O–H groups in total. The first-order chi connectivity index (χ1) is 7.58. The Bertz CT molecular complexity index is 303. The summed E-state index contributed by atoms with van der Waals surface area (Å²) in [5.41, 5.74) is 11.5. The van der Waals surface area contributed by atoms with Gasteiger partial charge in [-0.05, 0) is 49.4 Å². The van der Waals surface area contributed by atoms with Crippen molar-refractivity contribution in [2.75, 3.05) is 13.1 Å². The summed E-state index contributed by atoms with van der Waals surface area (Å²) in [4.78, 5) is 2.90. The summed E-state index contributed by atoms with van der Waals surface area (Å²) in [5, 5.41) is 0. The van der Waals surface area contributed by atoms with Gasteiger partial charge in [0.05, 0.1) is 0 Å². The predicted octanol–water partition coefficient (Wildman–Crippen LogP) is 2.58. The summed E-state index contributed by atoms with van der Waals surface area (Å²) >= 11 is 1.92. The average molecular weight is 240 g/mol. The zero-order chi connectivity index (χ0) is 12.1. The van der Waals surface area contributed by atoms with Crippen LogP contribution in [0.15, 0.2) is 12.1 Å². The van der Waals surface area contributed by atoms with Gasteiger partial charge in [-0.2, -0.15) is 0 Å². The molecule has 1 aromatic rings. The minimum absolute atomic E-state index is 0.408. The molecule has 0 fully saturated rings. The highest BCUT2D eigenvalue weighted by Gasteiger charge is 2.17. The van der Waals surface area contributed by atoms with Crippen LogP contribution in [-0.2, 0) is 6.42 Å². The molecule has 0 aliphatic carbocycles. The second-order valence-corrected chi connectivity index (χ2v) is 6.12. The van der Waals surface area contributed by atoms with Crippen LogP contribution in [0, 0.1) is 11.8 Å². The average Bonchev–Trinajstić information content (AvgIpc) is 2.67. The normalized spacial score (nSPS) is 13.7. The van der Waals surface area contributed by atoms with E-state index in [1.54, 1.807) is 0 Å². The molecule has 1 unspecified atom stereocenters. The molecule has 0 saturated heterocycles. The third kappa shape index (κ3) is 3.58. The number of hydrogen-bond acceptors (Lipinski definition) is 3. The van der Waals surface area contributed by atoms with Gasteiger partial charge in [-0.15, -0.1) is 11.3 Å². The number of hydrogen-bond donors (Lipinski definition) is 2. The van der Waals surface area contributed by atoms with Crippen LogP contribution in [0.4, 0.5) is 0 Å². The van der Waals surface area contributed by atoms with Crippen LogP contribution in [-0.4, -0.2) is 13.1 Å². The molecule has 16 heavy (non-hydrogen) atoms. The van der Waals surface area contributed by atoms with E-state index in [9.17, 15) is 0 Å². The van der Waals surface area contributed by atoms with Crippen LogP contribution in [0.5, 0.6) is 0 Å². The molecule has 3 heteroatoms. The van der Waals surface area contributed by atoms with Crippen LogP contribution < -0.4 is 11.5 Å². The van der Waals surface area contributed by atoms with Gasteiger partial charge in [-0.3, -0.25) is 0 Å². The van der Waals surface area contributed by atoms with Crippen molar-refractivity contribution < 1.29 is 0 Å². The van der Waals surface area contributed by atoms with Crippen LogP contribution in [0.2, 0.25) is 0 Å². The fourth-order valence-corrected chi connectivity index (χ4v) is 3.26. The van der Waals surface area contributed by atoms with Gasteiger partial charge in [0.25, 0.3) is 0 Å². The van der Waals surface area contributed by atoms with Gasteiger partial charge in [0, 0.05) is 9.75 Å². The van der Waals surface area contributed by atoms with E-state index in [1.165, 1.54) is 16.2 Å². The quantitative estimate of drug-likeness (QED) is 0.803. The molecule has 0 spiro atoms. The molecule has 0 aliphatic rings. The Labute approximate surface area is 103 Å². The predicted molar refractivity (Wildman–Crippen MR) is 72.9 cm³/mol. The van der Waals surface area contributed by atoms with Gasteiger partial charge in [0.1, 0.15) is 0 Å². The SMILES string of the molecule is CC(C)Cc1ccc(C(C)C(CN)CN)s1. The van der Waals surface area contributed by atoms with Crippen LogP contribution in [0.25, 0.3) is 0 Å². The molecule has 0 radical (unpaired) electrons. The Morgan fingerprint density at radius 1 is 1.12 bits per heavy atom. The monoisotopic (exact) mass is 240 g/mol. The summed E-state index contributed by atoms with van der Waals surface area (Å²) in [6.45, 7) is 8.09. The van der Waals surface area contributed by atoms with Crippen molar-refractivity contribution in [2.45, 2.75) is 33.1 Å². The summed E-state index contributed by atoms with van der Waals surface area (Å²) in [7, 11) is 0. The number of rotatable bonds is 6. The van der Waals surface area contributed by atoms with Crippen molar-refractivity contribution in [2.24, 2.45) is 23.3 Å². The largest absolute Gasteiger partial charge is 0.330 e. The van der Waals surface area contributed by atoms with E-state index < -0.39 is 0 Å². The minimum Gasteiger partial charge on any atom is -0.330 e. The third-order valence-corrected chi connectivity index (χ3v) is 4.36. The second-order valence-electron chi connectivity index (χ2n) is 4.92. The first-order valence-electron chi connectivity index (χ1n) is 6.07. The molecule has 92 valence electrons.